The quantitative estimate of drug-likeness (QED) is 0.367. The summed E-state index contributed by atoms with van der Waals surface area (Å²) in [5.41, 5.74) is -0.377. The molecule has 37 heavy (non-hydrogen) atoms. The molecular formula is C24H32BrN3O7S2. The number of piperidine rings is 1. The van der Waals surface area contributed by atoms with Crippen molar-refractivity contribution in [2.45, 2.75) is 46.8 Å². The van der Waals surface area contributed by atoms with Crippen LogP contribution in [-0.2, 0) is 24.8 Å². The van der Waals surface area contributed by atoms with Gasteiger partial charge in [0.2, 0.25) is 20.0 Å². The second kappa shape index (κ2) is 11.7. The van der Waals surface area contributed by atoms with E-state index in [1.807, 2.05) is 0 Å². The van der Waals surface area contributed by atoms with Gasteiger partial charge in [-0.3, -0.25) is 0 Å². The molecule has 0 amide bonds. The van der Waals surface area contributed by atoms with Gasteiger partial charge in [-0.15, -0.1) is 0 Å². The lowest BCUT2D eigenvalue weighted by Gasteiger charge is -2.38. The van der Waals surface area contributed by atoms with Crippen LogP contribution in [0.2, 0.25) is 0 Å². The monoisotopic (exact) mass is 617 g/mol. The summed E-state index contributed by atoms with van der Waals surface area (Å²) in [4.78, 5) is 0.355. The molecule has 2 unspecified atom stereocenters. The Balaban J connectivity index is 1.23. The average Bonchev–Trinajstić information content (AvgIpc) is 3.29. The number of hydrogen-bond donors (Lipinski definition) is 3. The van der Waals surface area contributed by atoms with E-state index < -0.39 is 26.2 Å². The van der Waals surface area contributed by atoms with E-state index in [0.717, 1.165) is 6.42 Å². The van der Waals surface area contributed by atoms with Crippen molar-refractivity contribution in [1.29, 1.82) is 0 Å². The fraction of sp³-hybridized carbons (Fsp3) is 0.500. The molecule has 2 aromatic carbocycles. The molecule has 0 bridgehead atoms. The number of sulfonamides is 2. The third-order valence-electron chi connectivity index (χ3n) is 6.77. The third kappa shape index (κ3) is 6.71. The van der Waals surface area contributed by atoms with Crippen LogP contribution in [0.15, 0.2) is 62.8 Å². The lowest BCUT2D eigenvalue weighted by Crippen LogP contribution is -2.47. The van der Waals surface area contributed by atoms with Crippen molar-refractivity contribution in [3.8, 4) is 5.75 Å². The van der Waals surface area contributed by atoms with Gasteiger partial charge < -0.3 is 19.9 Å². The highest BCUT2D eigenvalue weighted by molar-refractivity contribution is 9.10. The Hall–Kier alpha value is -1.58. The number of halogens is 1. The first-order chi connectivity index (χ1) is 17.5. The van der Waals surface area contributed by atoms with Crippen LogP contribution in [-0.4, -0.2) is 83.9 Å². The Kier molecular flexibility index (Phi) is 8.96. The van der Waals surface area contributed by atoms with Gasteiger partial charge in [0.1, 0.15) is 18.5 Å². The van der Waals surface area contributed by atoms with Crippen molar-refractivity contribution in [2.24, 2.45) is 0 Å². The van der Waals surface area contributed by atoms with Crippen LogP contribution in [0.25, 0.3) is 0 Å². The first-order valence-corrected chi connectivity index (χ1v) is 15.7. The Bertz CT molecular complexity index is 1300. The topological polar surface area (TPSA) is 134 Å². The molecule has 204 valence electrons. The maximum absolute atomic E-state index is 13.1. The Morgan fingerprint density at radius 3 is 2.59 bits per heavy atom. The number of benzene rings is 2. The summed E-state index contributed by atoms with van der Waals surface area (Å²) in [5.74, 6) is 0.350. The standard InChI is InChI=1S/C24H32BrN3O7S2/c1-26-36(30,31)21-6-4-5-20(13-21)34-17-19(29)15-27-18-14-24(35-16-18)9-11-28(12-10-24)37(32,33)23-8-3-2-7-22(23)25/h2-8,13,18-19,26-27,29H,9-12,14-17H2,1H3. The molecule has 0 saturated carbocycles. The van der Waals surface area contributed by atoms with Crippen LogP contribution in [0.5, 0.6) is 5.75 Å². The number of aliphatic hydroxyl groups excluding tert-OH is 1. The molecule has 2 aliphatic rings. The summed E-state index contributed by atoms with van der Waals surface area (Å²) in [5, 5.41) is 13.7. The first kappa shape index (κ1) is 28.4. The highest BCUT2D eigenvalue weighted by Crippen LogP contribution is 2.38. The molecule has 0 aromatic heterocycles. The van der Waals surface area contributed by atoms with E-state index in [-0.39, 0.29) is 34.6 Å². The molecule has 10 nitrogen and oxygen atoms in total. The second-order valence-corrected chi connectivity index (χ2v) is 13.9. The van der Waals surface area contributed by atoms with Gasteiger partial charge in [-0.1, -0.05) is 18.2 Å². The minimum Gasteiger partial charge on any atom is -0.491 e. The van der Waals surface area contributed by atoms with Crippen LogP contribution in [0.3, 0.4) is 0 Å². The van der Waals surface area contributed by atoms with E-state index in [1.165, 1.54) is 23.5 Å². The van der Waals surface area contributed by atoms with Crippen molar-refractivity contribution >= 4 is 36.0 Å². The highest BCUT2D eigenvalue weighted by atomic mass is 79.9. The number of nitrogens with zero attached hydrogens (tertiary/aromatic N) is 1. The first-order valence-electron chi connectivity index (χ1n) is 12.0. The lowest BCUT2D eigenvalue weighted by atomic mass is 9.88. The van der Waals surface area contributed by atoms with Crippen LogP contribution in [0.1, 0.15) is 19.3 Å². The van der Waals surface area contributed by atoms with Crippen LogP contribution in [0.4, 0.5) is 0 Å². The van der Waals surface area contributed by atoms with Crippen molar-refractivity contribution in [3.05, 3.63) is 53.0 Å². The van der Waals surface area contributed by atoms with Gasteiger partial charge in [0, 0.05) is 36.2 Å². The molecule has 2 atom stereocenters. The Labute approximate surface area is 226 Å². The Morgan fingerprint density at radius 2 is 1.89 bits per heavy atom. The Morgan fingerprint density at radius 1 is 1.16 bits per heavy atom. The molecule has 0 aliphatic carbocycles. The van der Waals surface area contributed by atoms with Gasteiger partial charge in [-0.05, 0) is 66.5 Å². The normalized spacial score (nSPS) is 21.2. The van der Waals surface area contributed by atoms with Crippen LogP contribution >= 0.6 is 15.9 Å². The smallest absolute Gasteiger partial charge is 0.244 e. The van der Waals surface area contributed by atoms with Gasteiger partial charge in [-0.2, -0.15) is 4.31 Å². The number of hydrogen-bond acceptors (Lipinski definition) is 8. The molecule has 13 heteroatoms. The van der Waals surface area contributed by atoms with Gasteiger partial charge >= 0.3 is 0 Å². The zero-order valence-electron chi connectivity index (χ0n) is 20.5. The summed E-state index contributed by atoms with van der Waals surface area (Å²) in [7, 11) is -5.83. The minimum atomic E-state index is -3.58. The van der Waals surface area contributed by atoms with Gasteiger partial charge in [0.15, 0.2) is 0 Å². The van der Waals surface area contributed by atoms with Crippen LogP contribution in [0, 0.1) is 0 Å². The zero-order chi connectivity index (χ0) is 26.7. The number of rotatable bonds is 10. The van der Waals surface area contributed by atoms with Crippen molar-refractivity contribution in [2.75, 3.05) is 39.9 Å². The lowest BCUT2D eigenvalue weighted by molar-refractivity contribution is -0.0312. The van der Waals surface area contributed by atoms with Crippen molar-refractivity contribution in [1.82, 2.24) is 14.3 Å². The minimum absolute atomic E-state index is 0.00333. The predicted octanol–water partition coefficient (Wildman–Crippen LogP) is 1.70. The highest BCUT2D eigenvalue weighted by Gasteiger charge is 2.45. The molecular weight excluding hydrogens is 586 g/mol. The molecule has 0 radical (unpaired) electrons. The molecule has 2 heterocycles. The molecule has 1 spiro atoms. The van der Waals surface area contributed by atoms with Gasteiger partial charge in [0.25, 0.3) is 0 Å². The van der Waals surface area contributed by atoms with E-state index >= 15 is 0 Å². The maximum atomic E-state index is 13.1. The van der Waals surface area contributed by atoms with Crippen molar-refractivity contribution < 1.29 is 31.4 Å². The fourth-order valence-corrected chi connectivity index (χ4v) is 7.82. The number of ether oxygens (including phenoxy) is 2. The maximum Gasteiger partial charge on any atom is 0.244 e. The SMILES string of the molecule is CNS(=O)(=O)c1cccc(OCC(O)CNC2COC3(CCN(S(=O)(=O)c4ccccc4Br)CC3)C2)c1. The number of aliphatic hydroxyl groups is 1. The number of nitrogens with one attached hydrogen (secondary N) is 2. The summed E-state index contributed by atoms with van der Waals surface area (Å²) >= 11 is 3.34. The van der Waals surface area contributed by atoms with E-state index in [0.29, 0.717) is 42.8 Å². The van der Waals surface area contributed by atoms with Crippen LogP contribution < -0.4 is 14.8 Å². The molecule has 2 fully saturated rings. The largest absolute Gasteiger partial charge is 0.491 e. The summed E-state index contributed by atoms with van der Waals surface area (Å²) < 4.78 is 66.1. The van der Waals surface area contributed by atoms with Gasteiger partial charge in [-0.25, -0.2) is 21.6 Å². The third-order valence-corrected chi connectivity index (χ3v) is 11.1. The van der Waals surface area contributed by atoms with E-state index in [4.69, 9.17) is 9.47 Å². The molecule has 3 N–H and O–H groups in total. The van der Waals surface area contributed by atoms with E-state index in [2.05, 4.69) is 26.0 Å². The van der Waals surface area contributed by atoms with Crippen molar-refractivity contribution in [3.63, 3.8) is 0 Å². The van der Waals surface area contributed by atoms with Gasteiger partial charge in [0.05, 0.1) is 22.0 Å². The summed E-state index contributed by atoms with van der Waals surface area (Å²) in [6.07, 6.45) is 1.13. The molecule has 2 aliphatic heterocycles. The zero-order valence-corrected chi connectivity index (χ0v) is 23.7. The average molecular weight is 619 g/mol. The fourth-order valence-electron chi connectivity index (χ4n) is 4.65. The summed E-state index contributed by atoms with van der Waals surface area (Å²) in [6.45, 7) is 1.52. The molecule has 2 saturated heterocycles. The predicted molar refractivity (Wildman–Crippen MR) is 141 cm³/mol. The summed E-state index contributed by atoms with van der Waals surface area (Å²) in [6, 6.07) is 12.9. The second-order valence-electron chi connectivity index (χ2n) is 9.29. The molecule has 4 rings (SSSR count). The molecule has 2 aromatic rings. The van der Waals surface area contributed by atoms with E-state index in [9.17, 15) is 21.9 Å². The van der Waals surface area contributed by atoms with E-state index in [1.54, 1.807) is 36.4 Å².